The van der Waals surface area contributed by atoms with Crippen molar-refractivity contribution in [3.63, 3.8) is 0 Å². The van der Waals surface area contributed by atoms with Crippen molar-refractivity contribution in [3.8, 4) is 23.0 Å². The Bertz CT molecular complexity index is 1280. The van der Waals surface area contributed by atoms with Crippen molar-refractivity contribution in [1.82, 2.24) is 0 Å². The molecule has 2 heterocycles. The first kappa shape index (κ1) is 19.3. The van der Waals surface area contributed by atoms with Gasteiger partial charge >= 0.3 is 5.97 Å². The van der Waals surface area contributed by atoms with Crippen LogP contribution in [0.3, 0.4) is 0 Å². The van der Waals surface area contributed by atoms with Crippen molar-refractivity contribution in [1.29, 1.82) is 0 Å². The van der Waals surface area contributed by atoms with Crippen LogP contribution in [0.2, 0.25) is 0 Å². The first-order chi connectivity index (χ1) is 14.5. The van der Waals surface area contributed by atoms with Crippen LogP contribution in [0.5, 0.6) is 11.5 Å². The molecule has 0 spiro atoms. The molecule has 150 valence electrons. The van der Waals surface area contributed by atoms with Crippen molar-refractivity contribution in [2.75, 3.05) is 7.11 Å². The van der Waals surface area contributed by atoms with Gasteiger partial charge in [-0.3, -0.25) is 4.79 Å². The molecule has 0 unspecified atom stereocenters. The molecule has 6 heteroatoms. The van der Waals surface area contributed by atoms with E-state index in [0.717, 1.165) is 11.1 Å². The Hall–Kier alpha value is -4.06. The number of furan rings is 1. The molecule has 0 aliphatic heterocycles. The summed E-state index contributed by atoms with van der Waals surface area (Å²) in [6.45, 7) is 1.86. The number of ether oxygens (including phenoxy) is 2. The zero-order chi connectivity index (χ0) is 21.1. The first-order valence-electron chi connectivity index (χ1n) is 9.20. The largest absolute Gasteiger partial charge is 0.497 e. The van der Waals surface area contributed by atoms with Crippen molar-refractivity contribution >= 4 is 23.0 Å². The molecule has 0 radical (unpaired) electrons. The lowest BCUT2D eigenvalue weighted by molar-refractivity contribution is -0.129. The number of hydrogen-bond donors (Lipinski definition) is 0. The highest BCUT2D eigenvalue weighted by molar-refractivity contribution is 5.90. The highest BCUT2D eigenvalue weighted by Crippen LogP contribution is 2.31. The molecule has 30 heavy (non-hydrogen) atoms. The Balaban J connectivity index is 1.70. The monoisotopic (exact) mass is 402 g/mol. The maximum absolute atomic E-state index is 13.1. The van der Waals surface area contributed by atoms with E-state index in [1.54, 1.807) is 61.7 Å². The maximum atomic E-state index is 13.1. The molecule has 4 aromatic rings. The van der Waals surface area contributed by atoms with Crippen LogP contribution >= 0.6 is 0 Å². The summed E-state index contributed by atoms with van der Waals surface area (Å²) in [7, 11) is 1.58. The normalized spacial score (nSPS) is 11.1. The van der Waals surface area contributed by atoms with Gasteiger partial charge in [0.15, 0.2) is 5.76 Å². The lowest BCUT2D eigenvalue weighted by Crippen LogP contribution is -2.14. The van der Waals surface area contributed by atoms with Gasteiger partial charge in [0.05, 0.1) is 18.8 Å². The summed E-state index contributed by atoms with van der Waals surface area (Å²) in [5.41, 5.74) is 1.60. The summed E-state index contributed by atoms with van der Waals surface area (Å²) in [6, 6.07) is 15.7. The van der Waals surface area contributed by atoms with E-state index in [9.17, 15) is 9.59 Å². The second-order valence-corrected chi connectivity index (χ2v) is 6.59. The molecule has 0 saturated carbocycles. The van der Waals surface area contributed by atoms with E-state index in [4.69, 9.17) is 18.3 Å². The number of carbonyl (C=O) groups is 1. The standard InChI is InChI=1S/C24H18O6/c1-15-5-11-19-18(14-15)22(26)24(23(29-19)20-4-3-13-28-20)30-21(25)12-8-16-6-9-17(27-2)10-7-16/h3-14H,1-2H3/b12-8+. The van der Waals surface area contributed by atoms with Crippen LogP contribution in [-0.2, 0) is 4.79 Å². The molecule has 0 amide bonds. The minimum absolute atomic E-state index is 0.0625. The number of hydrogen-bond acceptors (Lipinski definition) is 6. The van der Waals surface area contributed by atoms with E-state index >= 15 is 0 Å². The van der Waals surface area contributed by atoms with Crippen molar-refractivity contribution in [2.45, 2.75) is 6.92 Å². The molecule has 4 rings (SSSR count). The summed E-state index contributed by atoms with van der Waals surface area (Å²) < 4.78 is 21.7. The zero-order valence-corrected chi connectivity index (χ0v) is 16.4. The molecular weight excluding hydrogens is 384 g/mol. The SMILES string of the molecule is COc1ccc(/C=C/C(=O)Oc2c(-c3ccco3)oc3ccc(C)cc3c2=O)cc1. The van der Waals surface area contributed by atoms with Crippen LogP contribution in [0.1, 0.15) is 11.1 Å². The third-order valence-corrected chi connectivity index (χ3v) is 4.48. The third kappa shape index (κ3) is 3.89. The molecular formula is C24H18O6. The summed E-state index contributed by atoms with van der Waals surface area (Å²) >= 11 is 0. The third-order valence-electron chi connectivity index (χ3n) is 4.48. The van der Waals surface area contributed by atoms with Crippen LogP contribution in [0, 0.1) is 6.92 Å². The Kier molecular flexibility index (Phi) is 5.22. The molecule has 0 N–H and O–H groups in total. The predicted octanol–water partition coefficient (Wildman–Crippen LogP) is 4.99. The zero-order valence-electron chi connectivity index (χ0n) is 16.4. The summed E-state index contributed by atoms with van der Waals surface area (Å²) in [5.74, 6) is 0.135. The van der Waals surface area contributed by atoms with Gasteiger partial charge < -0.3 is 18.3 Å². The van der Waals surface area contributed by atoms with Crippen LogP contribution < -0.4 is 14.9 Å². The predicted molar refractivity (Wildman–Crippen MR) is 113 cm³/mol. The molecule has 0 aliphatic rings. The maximum Gasteiger partial charge on any atom is 0.336 e. The highest BCUT2D eigenvalue weighted by Gasteiger charge is 2.21. The molecule has 0 fully saturated rings. The molecule has 0 aliphatic carbocycles. The Morgan fingerprint density at radius 2 is 1.87 bits per heavy atom. The Morgan fingerprint density at radius 3 is 2.57 bits per heavy atom. The topological polar surface area (TPSA) is 78.9 Å². The first-order valence-corrected chi connectivity index (χ1v) is 9.20. The summed E-state index contributed by atoms with van der Waals surface area (Å²) in [6.07, 6.45) is 4.28. The van der Waals surface area contributed by atoms with Gasteiger partial charge in [0.2, 0.25) is 16.9 Å². The molecule has 2 aromatic heterocycles. The molecule has 0 saturated heterocycles. The number of carbonyl (C=O) groups excluding carboxylic acids is 1. The second kappa shape index (κ2) is 8.13. The average Bonchev–Trinajstić information content (AvgIpc) is 3.29. The van der Waals surface area contributed by atoms with Crippen LogP contribution in [0.15, 0.2) is 80.6 Å². The van der Waals surface area contributed by atoms with Gasteiger partial charge in [-0.05, 0) is 55.0 Å². The minimum atomic E-state index is -0.710. The van der Waals surface area contributed by atoms with Gasteiger partial charge in [-0.25, -0.2) is 4.79 Å². The van der Waals surface area contributed by atoms with Gasteiger partial charge in [0.25, 0.3) is 0 Å². The van der Waals surface area contributed by atoms with E-state index < -0.39 is 11.4 Å². The van der Waals surface area contributed by atoms with Crippen LogP contribution in [-0.4, -0.2) is 13.1 Å². The number of methoxy groups -OCH3 is 1. The van der Waals surface area contributed by atoms with Crippen LogP contribution in [0.4, 0.5) is 0 Å². The van der Waals surface area contributed by atoms with Gasteiger partial charge in [-0.2, -0.15) is 0 Å². The fourth-order valence-electron chi connectivity index (χ4n) is 2.97. The molecule has 0 bridgehead atoms. The lowest BCUT2D eigenvalue weighted by atomic mass is 10.1. The van der Waals surface area contributed by atoms with Crippen molar-refractivity contribution in [2.24, 2.45) is 0 Å². The average molecular weight is 402 g/mol. The van der Waals surface area contributed by atoms with E-state index in [2.05, 4.69) is 0 Å². The number of aryl methyl sites for hydroxylation is 1. The van der Waals surface area contributed by atoms with Gasteiger partial charge in [-0.1, -0.05) is 23.8 Å². The van der Waals surface area contributed by atoms with Gasteiger partial charge in [0, 0.05) is 6.08 Å². The van der Waals surface area contributed by atoms with E-state index in [1.165, 1.54) is 12.3 Å². The highest BCUT2D eigenvalue weighted by atomic mass is 16.5. The molecule has 0 atom stereocenters. The smallest absolute Gasteiger partial charge is 0.336 e. The van der Waals surface area contributed by atoms with E-state index in [0.29, 0.717) is 16.7 Å². The Morgan fingerprint density at radius 1 is 1.07 bits per heavy atom. The minimum Gasteiger partial charge on any atom is -0.497 e. The van der Waals surface area contributed by atoms with Crippen molar-refractivity contribution in [3.05, 3.63) is 88.3 Å². The summed E-state index contributed by atoms with van der Waals surface area (Å²) in [5, 5.41) is 0.326. The summed E-state index contributed by atoms with van der Waals surface area (Å²) in [4.78, 5) is 25.5. The molecule has 6 nitrogen and oxygen atoms in total. The lowest BCUT2D eigenvalue weighted by Gasteiger charge is -2.08. The number of fused-ring (bicyclic) bond motifs is 1. The number of esters is 1. The Labute approximate surface area is 172 Å². The molecule has 2 aromatic carbocycles. The van der Waals surface area contributed by atoms with E-state index in [-0.39, 0.29) is 17.3 Å². The van der Waals surface area contributed by atoms with E-state index in [1.807, 2.05) is 13.0 Å². The van der Waals surface area contributed by atoms with Gasteiger partial charge in [-0.15, -0.1) is 0 Å². The fourth-order valence-corrected chi connectivity index (χ4v) is 2.97. The number of rotatable bonds is 5. The van der Waals surface area contributed by atoms with Gasteiger partial charge in [0.1, 0.15) is 11.3 Å². The van der Waals surface area contributed by atoms with Crippen molar-refractivity contribution < 1.29 is 23.1 Å². The fraction of sp³-hybridized carbons (Fsp3) is 0.0833. The second-order valence-electron chi connectivity index (χ2n) is 6.59. The van der Waals surface area contributed by atoms with Crippen LogP contribution in [0.25, 0.3) is 28.6 Å². The number of benzene rings is 2. The quantitative estimate of drug-likeness (QED) is 0.346.